The van der Waals surface area contributed by atoms with Crippen LogP contribution in [0.4, 0.5) is 0 Å². The second-order valence-corrected chi connectivity index (χ2v) is 4.97. The number of Topliss-reactive ketones (excluding diaryl/α,β-unsaturated/α-hetero) is 1. The lowest BCUT2D eigenvalue weighted by Gasteiger charge is -2.17. The van der Waals surface area contributed by atoms with Crippen molar-refractivity contribution in [3.63, 3.8) is 0 Å². The summed E-state index contributed by atoms with van der Waals surface area (Å²) in [6, 6.07) is 6.47. The van der Waals surface area contributed by atoms with Gasteiger partial charge in [-0.3, -0.25) is 4.79 Å². The lowest BCUT2D eigenvalue weighted by Crippen LogP contribution is -2.06. The first kappa shape index (κ1) is 11.4. The lowest BCUT2D eigenvalue weighted by atomic mass is 9.87. The molecule has 16 heavy (non-hydrogen) atoms. The molecule has 1 nitrogen and oxygen atoms in total. The van der Waals surface area contributed by atoms with Crippen molar-refractivity contribution in [2.24, 2.45) is 0 Å². The summed E-state index contributed by atoms with van der Waals surface area (Å²) >= 11 is 0. The minimum Gasteiger partial charge on any atom is -0.300 e. The Bertz CT molecular complexity index is 392. The van der Waals surface area contributed by atoms with Crippen LogP contribution in [0.2, 0.25) is 0 Å². The topological polar surface area (TPSA) is 17.1 Å². The van der Waals surface area contributed by atoms with Crippen LogP contribution in [0.1, 0.15) is 54.7 Å². The first-order chi connectivity index (χ1) is 7.68. The first-order valence-electron chi connectivity index (χ1n) is 6.26. The predicted octanol–water partition coefficient (Wildman–Crippen LogP) is 3.92. The van der Waals surface area contributed by atoms with Crippen LogP contribution in [-0.4, -0.2) is 5.78 Å². The van der Waals surface area contributed by atoms with Crippen LogP contribution in [-0.2, 0) is 4.79 Å². The standard InChI is InChI=1S/C15H20O/c1-11-6-5-9-15(12(11)2)13-7-3-4-8-14(16)10-13/h5-6,9,13H,3-4,7-8,10H2,1-2H3. The highest BCUT2D eigenvalue weighted by Crippen LogP contribution is 2.32. The molecule has 1 fully saturated rings. The molecule has 0 bridgehead atoms. The molecule has 0 amide bonds. The summed E-state index contributed by atoms with van der Waals surface area (Å²) < 4.78 is 0. The molecule has 1 aromatic carbocycles. The fourth-order valence-corrected chi connectivity index (χ4v) is 2.67. The molecule has 0 heterocycles. The van der Waals surface area contributed by atoms with Crippen molar-refractivity contribution in [2.75, 3.05) is 0 Å². The van der Waals surface area contributed by atoms with E-state index in [9.17, 15) is 4.79 Å². The molecule has 0 saturated heterocycles. The van der Waals surface area contributed by atoms with E-state index in [2.05, 4.69) is 32.0 Å². The van der Waals surface area contributed by atoms with Gasteiger partial charge in [-0.2, -0.15) is 0 Å². The molecule has 0 spiro atoms. The minimum atomic E-state index is 0.448. The van der Waals surface area contributed by atoms with Crippen molar-refractivity contribution < 1.29 is 4.79 Å². The van der Waals surface area contributed by atoms with Crippen molar-refractivity contribution in [1.82, 2.24) is 0 Å². The molecule has 0 aliphatic heterocycles. The number of benzene rings is 1. The van der Waals surface area contributed by atoms with Gasteiger partial charge in [0.25, 0.3) is 0 Å². The largest absolute Gasteiger partial charge is 0.300 e. The van der Waals surface area contributed by atoms with Gasteiger partial charge in [-0.15, -0.1) is 0 Å². The molecule has 1 unspecified atom stereocenters. The maximum absolute atomic E-state index is 11.7. The van der Waals surface area contributed by atoms with Crippen LogP contribution in [0, 0.1) is 13.8 Å². The van der Waals surface area contributed by atoms with Gasteiger partial charge in [-0.1, -0.05) is 24.6 Å². The van der Waals surface area contributed by atoms with Crippen LogP contribution >= 0.6 is 0 Å². The molecule has 0 radical (unpaired) electrons. The van der Waals surface area contributed by atoms with Gasteiger partial charge in [0, 0.05) is 12.8 Å². The van der Waals surface area contributed by atoms with Gasteiger partial charge < -0.3 is 0 Å². The molecule has 1 saturated carbocycles. The van der Waals surface area contributed by atoms with Gasteiger partial charge in [0.15, 0.2) is 0 Å². The number of carbonyl (C=O) groups is 1. The highest BCUT2D eigenvalue weighted by molar-refractivity contribution is 5.79. The molecule has 1 aliphatic rings. The van der Waals surface area contributed by atoms with Crippen LogP contribution in [0.15, 0.2) is 18.2 Å². The second-order valence-electron chi connectivity index (χ2n) is 4.97. The molecule has 1 aliphatic carbocycles. The molecule has 2 rings (SSSR count). The van der Waals surface area contributed by atoms with E-state index in [1.54, 1.807) is 0 Å². The van der Waals surface area contributed by atoms with Crippen LogP contribution in [0.3, 0.4) is 0 Å². The minimum absolute atomic E-state index is 0.448. The number of hydrogen-bond acceptors (Lipinski definition) is 1. The maximum Gasteiger partial charge on any atom is 0.133 e. The van der Waals surface area contributed by atoms with E-state index < -0.39 is 0 Å². The monoisotopic (exact) mass is 216 g/mol. The molecule has 1 atom stereocenters. The van der Waals surface area contributed by atoms with E-state index in [1.165, 1.54) is 29.5 Å². The van der Waals surface area contributed by atoms with Crippen molar-refractivity contribution >= 4 is 5.78 Å². The van der Waals surface area contributed by atoms with Gasteiger partial charge >= 0.3 is 0 Å². The number of carbonyl (C=O) groups excluding carboxylic acids is 1. The van der Waals surface area contributed by atoms with E-state index in [1.807, 2.05) is 0 Å². The van der Waals surface area contributed by atoms with Gasteiger partial charge in [0.1, 0.15) is 5.78 Å². The average molecular weight is 216 g/mol. The lowest BCUT2D eigenvalue weighted by molar-refractivity contribution is -0.119. The van der Waals surface area contributed by atoms with Crippen molar-refractivity contribution in [2.45, 2.75) is 51.9 Å². The van der Waals surface area contributed by atoms with Crippen molar-refractivity contribution in [3.05, 3.63) is 34.9 Å². The van der Waals surface area contributed by atoms with Gasteiger partial charge in [-0.25, -0.2) is 0 Å². The molecule has 0 aromatic heterocycles. The summed E-state index contributed by atoms with van der Waals surface area (Å²) in [6.45, 7) is 4.33. The molecule has 1 heteroatoms. The Hall–Kier alpha value is -1.11. The van der Waals surface area contributed by atoms with E-state index in [-0.39, 0.29) is 0 Å². The van der Waals surface area contributed by atoms with Crippen molar-refractivity contribution in [1.29, 1.82) is 0 Å². The van der Waals surface area contributed by atoms with Crippen LogP contribution in [0.25, 0.3) is 0 Å². The smallest absolute Gasteiger partial charge is 0.133 e. The summed E-state index contributed by atoms with van der Waals surface area (Å²) in [4.78, 5) is 11.7. The molecular formula is C15H20O. The van der Waals surface area contributed by atoms with E-state index in [4.69, 9.17) is 0 Å². The van der Waals surface area contributed by atoms with E-state index in [0.29, 0.717) is 11.7 Å². The third-order valence-electron chi connectivity index (χ3n) is 3.82. The Kier molecular flexibility index (Phi) is 3.42. The number of ketones is 1. The van der Waals surface area contributed by atoms with E-state index >= 15 is 0 Å². The zero-order chi connectivity index (χ0) is 11.5. The summed E-state index contributed by atoms with van der Waals surface area (Å²) in [7, 11) is 0. The predicted molar refractivity (Wildman–Crippen MR) is 66.7 cm³/mol. The molecule has 0 N–H and O–H groups in total. The Balaban J connectivity index is 2.28. The number of hydrogen-bond donors (Lipinski definition) is 0. The molecule has 1 aromatic rings. The summed E-state index contributed by atoms with van der Waals surface area (Å²) in [6.07, 6.45) is 5.01. The first-order valence-corrected chi connectivity index (χ1v) is 6.26. The Labute approximate surface area is 97.9 Å². The van der Waals surface area contributed by atoms with Gasteiger partial charge in [0.05, 0.1) is 0 Å². The Morgan fingerprint density at radius 3 is 2.81 bits per heavy atom. The molecular weight excluding hydrogens is 196 g/mol. The van der Waals surface area contributed by atoms with Crippen LogP contribution < -0.4 is 0 Å². The fraction of sp³-hybridized carbons (Fsp3) is 0.533. The van der Waals surface area contributed by atoms with Crippen LogP contribution in [0.5, 0.6) is 0 Å². The van der Waals surface area contributed by atoms with Crippen molar-refractivity contribution in [3.8, 4) is 0 Å². The summed E-state index contributed by atoms with van der Waals surface area (Å²) in [5.74, 6) is 0.915. The Morgan fingerprint density at radius 1 is 1.19 bits per heavy atom. The number of rotatable bonds is 1. The van der Waals surface area contributed by atoms with E-state index in [0.717, 1.165) is 19.3 Å². The normalized spacial score (nSPS) is 21.9. The highest BCUT2D eigenvalue weighted by atomic mass is 16.1. The van der Waals surface area contributed by atoms with Gasteiger partial charge in [-0.05, 0) is 49.3 Å². The maximum atomic E-state index is 11.7. The number of aryl methyl sites for hydroxylation is 1. The third kappa shape index (κ3) is 2.34. The fourth-order valence-electron chi connectivity index (χ4n) is 2.67. The summed E-state index contributed by atoms with van der Waals surface area (Å²) in [5, 5.41) is 0. The average Bonchev–Trinajstić information content (AvgIpc) is 2.47. The third-order valence-corrected chi connectivity index (χ3v) is 3.82. The van der Waals surface area contributed by atoms with Gasteiger partial charge in [0.2, 0.25) is 0 Å². The SMILES string of the molecule is Cc1cccc(C2CCCCC(=O)C2)c1C. The summed E-state index contributed by atoms with van der Waals surface area (Å²) in [5.41, 5.74) is 4.12. The molecule has 86 valence electrons. The Morgan fingerprint density at radius 2 is 2.00 bits per heavy atom. The zero-order valence-corrected chi connectivity index (χ0v) is 10.3. The highest BCUT2D eigenvalue weighted by Gasteiger charge is 2.20. The second kappa shape index (κ2) is 4.82. The zero-order valence-electron chi connectivity index (χ0n) is 10.3. The quantitative estimate of drug-likeness (QED) is 0.650.